The lowest BCUT2D eigenvalue weighted by atomic mass is 9.86. The van der Waals surface area contributed by atoms with Crippen LogP contribution in [0.2, 0.25) is 0 Å². The SMILES string of the molecule is CCCn1cc(CN(C)CC2(CO)CCCC2)c(C)n1. The van der Waals surface area contributed by atoms with E-state index in [1.807, 2.05) is 0 Å². The zero-order valence-corrected chi connectivity index (χ0v) is 13.2. The van der Waals surface area contributed by atoms with Crippen LogP contribution in [-0.2, 0) is 13.1 Å². The summed E-state index contributed by atoms with van der Waals surface area (Å²) in [7, 11) is 2.16. The van der Waals surface area contributed by atoms with Crippen molar-refractivity contribution in [3.05, 3.63) is 17.5 Å². The Kier molecular flexibility index (Phi) is 5.22. The summed E-state index contributed by atoms with van der Waals surface area (Å²) in [6.45, 7) is 7.50. The van der Waals surface area contributed by atoms with Crippen molar-refractivity contribution >= 4 is 0 Å². The van der Waals surface area contributed by atoms with E-state index in [0.717, 1.165) is 31.7 Å². The first-order valence-electron chi connectivity index (χ1n) is 7.91. The Hall–Kier alpha value is -0.870. The van der Waals surface area contributed by atoms with Gasteiger partial charge in [0.05, 0.1) is 5.69 Å². The minimum atomic E-state index is 0.141. The summed E-state index contributed by atoms with van der Waals surface area (Å²) in [5, 5.41) is 14.3. The summed E-state index contributed by atoms with van der Waals surface area (Å²) < 4.78 is 2.05. The number of aromatic nitrogens is 2. The molecule has 0 unspecified atom stereocenters. The third-order valence-electron chi connectivity index (χ3n) is 4.55. The van der Waals surface area contributed by atoms with E-state index in [4.69, 9.17) is 0 Å². The Labute approximate surface area is 122 Å². The van der Waals surface area contributed by atoms with Crippen LogP contribution in [0, 0.1) is 12.3 Å². The highest BCUT2D eigenvalue weighted by Gasteiger charge is 2.34. The molecule has 2 rings (SSSR count). The molecule has 1 heterocycles. The summed E-state index contributed by atoms with van der Waals surface area (Å²) in [6.07, 6.45) is 8.16. The van der Waals surface area contributed by atoms with Crippen molar-refractivity contribution in [3.8, 4) is 0 Å². The number of aryl methyl sites for hydroxylation is 2. The van der Waals surface area contributed by atoms with Gasteiger partial charge in [-0.15, -0.1) is 0 Å². The predicted molar refractivity (Wildman–Crippen MR) is 81.6 cm³/mol. The topological polar surface area (TPSA) is 41.3 Å². The molecule has 114 valence electrons. The molecule has 1 saturated carbocycles. The zero-order valence-electron chi connectivity index (χ0n) is 13.2. The zero-order chi connectivity index (χ0) is 14.6. The first-order chi connectivity index (χ1) is 9.58. The Morgan fingerprint density at radius 2 is 2.10 bits per heavy atom. The first-order valence-corrected chi connectivity index (χ1v) is 7.91. The van der Waals surface area contributed by atoms with Gasteiger partial charge in [0, 0.05) is 43.4 Å². The number of nitrogens with zero attached hydrogens (tertiary/aromatic N) is 3. The normalized spacial score (nSPS) is 18.1. The van der Waals surface area contributed by atoms with E-state index in [1.165, 1.54) is 31.2 Å². The maximum Gasteiger partial charge on any atom is 0.0638 e. The third kappa shape index (κ3) is 3.61. The quantitative estimate of drug-likeness (QED) is 0.834. The second-order valence-electron chi connectivity index (χ2n) is 6.54. The maximum atomic E-state index is 9.72. The van der Waals surface area contributed by atoms with Gasteiger partial charge in [0.15, 0.2) is 0 Å². The molecule has 0 saturated heterocycles. The Bertz CT molecular complexity index is 421. The number of hydrogen-bond acceptors (Lipinski definition) is 3. The van der Waals surface area contributed by atoms with Crippen molar-refractivity contribution in [2.75, 3.05) is 20.2 Å². The summed E-state index contributed by atoms with van der Waals surface area (Å²) in [5.74, 6) is 0. The molecule has 4 nitrogen and oxygen atoms in total. The van der Waals surface area contributed by atoms with Crippen LogP contribution < -0.4 is 0 Å². The maximum absolute atomic E-state index is 9.72. The van der Waals surface area contributed by atoms with E-state index in [1.54, 1.807) is 0 Å². The molecule has 1 aromatic heterocycles. The van der Waals surface area contributed by atoms with Crippen LogP contribution in [0.1, 0.15) is 50.3 Å². The lowest BCUT2D eigenvalue weighted by Crippen LogP contribution is -2.36. The minimum Gasteiger partial charge on any atom is -0.396 e. The largest absolute Gasteiger partial charge is 0.396 e. The van der Waals surface area contributed by atoms with Crippen LogP contribution in [0.15, 0.2) is 6.20 Å². The molecule has 1 aromatic rings. The smallest absolute Gasteiger partial charge is 0.0638 e. The van der Waals surface area contributed by atoms with Crippen LogP contribution in [0.5, 0.6) is 0 Å². The van der Waals surface area contributed by atoms with E-state index in [9.17, 15) is 5.11 Å². The molecule has 0 bridgehead atoms. The van der Waals surface area contributed by atoms with E-state index in [2.05, 4.69) is 41.8 Å². The molecular weight excluding hydrogens is 250 g/mol. The Morgan fingerprint density at radius 3 is 2.70 bits per heavy atom. The highest BCUT2D eigenvalue weighted by molar-refractivity contribution is 5.15. The van der Waals surface area contributed by atoms with E-state index < -0.39 is 0 Å². The van der Waals surface area contributed by atoms with Crippen LogP contribution in [0.25, 0.3) is 0 Å². The molecule has 20 heavy (non-hydrogen) atoms. The fraction of sp³-hybridized carbons (Fsp3) is 0.812. The van der Waals surface area contributed by atoms with Gasteiger partial charge in [0.1, 0.15) is 0 Å². The lowest BCUT2D eigenvalue weighted by Gasteiger charge is -2.31. The summed E-state index contributed by atoms with van der Waals surface area (Å²) in [6, 6.07) is 0. The molecule has 1 aliphatic rings. The van der Waals surface area contributed by atoms with Gasteiger partial charge in [-0.1, -0.05) is 19.8 Å². The van der Waals surface area contributed by atoms with Crippen molar-refractivity contribution in [2.45, 2.75) is 59.0 Å². The molecule has 1 fully saturated rings. The van der Waals surface area contributed by atoms with E-state index >= 15 is 0 Å². The molecule has 1 N–H and O–H groups in total. The van der Waals surface area contributed by atoms with Gasteiger partial charge >= 0.3 is 0 Å². The highest BCUT2D eigenvalue weighted by Crippen LogP contribution is 2.38. The van der Waals surface area contributed by atoms with Gasteiger partial charge in [0.25, 0.3) is 0 Å². The van der Waals surface area contributed by atoms with Crippen molar-refractivity contribution in [3.63, 3.8) is 0 Å². The van der Waals surface area contributed by atoms with E-state index in [0.29, 0.717) is 6.61 Å². The second kappa shape index (κ2) is 6.72. The first kappa shape index (κ1) is 15.5. The van der Waals surface area contributed by atoms with Crippen molar-refractivity contribution in [1.29, 1.82) is 0 Å². The summed E-state index contributed by atoms with van der Waals surface area (Å²) in [4.78, 5) is 2.35. The number of hydrogen-bond donors (Lipinski definition) is 1. The number of rotatable bonds is 7. The van der Waals surface area contributed by atoms with Gasteiger partial charge in [-0.05, 0) is 33.2 Å². The van der Waals surface area contributed by atoms with Crippen LogP contribution in [0.3, 0.4) is 0 Å². The molecule has 0 atom stereocenters. The number of aliphatic hydroxyl groups is 1. The average molecular weight is 279 g/mol. The van der Waals surface area contributed by atoms with Gasteiger partial charge in [-0.3, -0.25) is 4.68 Å². The molecule has 1 aliphatic carbocycles. The molecule has 0 spiro atoms. The summed E-state index contributed by atoms with van der Waals surface area (Å²) in [5.41, 5.74) is 2.59. The Morgan fingerprint density at radius 1 is 1.40 bits per heavy atom. The van der Waals surface area contributed by atoms with Crippen molar-refractivity contribution in [1.82, 2.24) is 14.7 Å². The molecular formula is C16H29N3O. The second-order valence-corrected chi connectivity index (χ2v) is 6.54. The minimum absolute atomic E-state index is 0.141. The van der Waals surface area contributed by atoms with Gasteiger partial charge in [-0.25, -0.2) is 0 Å². The average Bonchev–Trinajstić information content (AvgIpc) is 2.99. The van der Waals surface area contributed by atoms with Gasteiger partial charge in [-0.2, -0.15) is 5.10 Å². The Balaban J connectivity index is 1.95. The third-order valence-corrected chi connectivity index (χ3v) is 4.55. The van der Waals surface area contributed by atoms with E-state index in [-0.39, 0.29) is 5.41 Å². The molecule has 0 amide bonds. The van der Waals surface area contributed by atoms with Crippen LogP contribution in [-0.4, -0.2) is 40.0 Å². The van der Waals surface area contributed by atoms with Crippen molar-refractivity contribution < 1.29 is 5.11 Å². The fourth-order valence-electron chi connectivity index (χ4n) is 3.47. The predicted octanol–water partition coefficient (Wildman–Crippen LogP) is 2.59. The monoisotopic (exact) mass is 279 g/mol. The van der Waals surface area contributed by atoms with Crippen LogP contribution >= 0.6 is 0 Å². The van der Waals surface area contributed by atoms with Gasteiger partial charge < -0.3 is 10.0 Å². The molecule has 0 radical (unpaired) electrons. The molecule has 0 aromatic carbocycles. The molecule has 0 aliphatic heterocycles. The fourth-order valence-corrected chi connectivity index (χ4v) is 3.47. The van der Waals surface area contributed by atoms with Crippen LogP contribution in [0.4, 0.5) is 0 Å². The van der Waals surface area contributed by atoms with Crippen molar-refractivity contribution in [2.24, 2.45) is 5.41 Å². The number of aliphatic hydroxyl groups excluding tert-OH is 1. The highest BCUT2D eigenvalue weighted by atomic mass is 16.3. The summed E-state index contributed by atoms with van der Waals surface area (Å²) >= 11 is 0. The lowest BCUT2D eigenvalue weighted by molar-refractivity contribution is 0.0863. The molecule has 4 heteroatoms. The standard InChI is InChI=1S/C16H29N3O/c1-4-9-19-11-15(14(2)17-19)10-18(3)12-16(13-20)7-5-6-8-16/h11,20H,4-10,12-13H2,1-3H3. The van der Waals surface area contributed by atoms with Gasteiger partial charge in [0.2, 0.25) is 0 Å².